The highest BCUT2D eigenvalue weighted by atomic mass is 32.2. The predicted octanol–water partition coefficient (Wildman–Crippen LogP) is 1.30. The molecule has 4 nitrogen and oxygen atoms in total. The fraction of sp³-hybridized carbons (Fsp3) is 0.429. The molecule has 0 saturated carbocycles. The Bertz CT molecular complexity index is 480. The van der Waals surface area contributed by atoms with Gasteiger partial charge in [-0.25, -0.2) is 0 Å². The maximum absolute atomic E-state index is 12.2. The first-order chi connectivity index (χ1) is 9.22. The number of amides is 1. The zero-order valence-corrected chi connectivity index (χ0v) is 12.0. The van der Waals surface area contributed by atoms with Gasteiger partial charge in [0.15, 0.2) is 0 Å². The first-order valence-corrected chi connectivity index (χ1v) is 7.45. The summed E-state index contributed by atoms with van der Waals surface area (Å²) in [6, 6.07) is 1.79. The van der Waals surface area contributed by atoms with E-state index >= 15 is 0 Å². The summed E-state index contributed by atoms with van der Waals surface area (Å²) in [5.41, 5.74) is 1.03. The Labute approximate surface area is 118 Å². The van der Waals surface area contributed by atoms with Crippen LogP contribution in [0.4, 0.5) is 0 Å². The molecule has 0 aliphatic carbocycles. The van der Waals surface area contributed by atoms with Crippen molar-refractivity contribution in [1.82, 2.24) is 10.3 Å². The summed E-state index contributed by atoms with van der Waals surface area (Å²) >= 11 is 1.70. The van der Waals surface area contributed by atoms with Crippen LogP contribution in [0.25, 0.3) is 0 Å². The van der Waals surface area contributed by atoms with E-state index in [9.17, 15) is 4.79 Å². The molecule has 1 atom stereocenters. The number of thioether (sulfide) groups is 1. The van der Waals surface area contributed by atoms with Gasteiger partial charge in [0, 0.05) is 24.2 Å². The van der Waals surface area contributed by atoms with Crippen LogP contribution in [-0.2, 0) is 0 Å². The molecule has 0 radical (unpaired) electrons. The highest BCUT2D eigenvalue weighted by Crippen LogP contribution is 2.08. The molecule has 0 aliphatic heterocycles. The molecule has 102 valence electrons. The summed E-state index contributed by atoms with van der Waals surface area (Å²) in [5, 5.41) is 11.7. The number of carbonyl (C=O) groups is 1. The minimum atomic E-state index is -0.236. The highest BCUT2D eigenvalue weighted by molar-refractivity contribution is 7.98. The Balaban J connectivity index is 2.87. The van der Waals surface area contributed by atoms with Crippen LogP contribution >= 0.6 is 11.8 Å². The number of rotatable bonds is 5. The average molecular weight is 278 g/mol. The SMILES string of the molecule is CCC(CSC)NC(=O)c1ccncc1C#CCO. The Morgan fingerprint density at radius 3 is 3.05 bits per heavy atom. The number of hydrogen-bond acceptors (Lipinski definition) is 4. The zero-order valence-electron chi connectivity index (χ0n) is 11.1. The van der Waals surface area contributed by atoms with Crippen molar-refractivity contribution < 1.29 is 9.90 Å². The Hall–Kier alpha value is -1.51. The summed E-state index contributed by atoms with van der Waals surface area (Å²) in [7, 11) is 0. The van der Waals surface area contributed by atoms with Crippen molar-refractivity contribution in [3.63, 3.8) is 0 Å². The van der Waals surface area contributed by atoms with Crippen LogP contribution in [0.15, 0.2) is 18.5 Å². The van der Waals surface area contributed by atoms with E-state index in [4.69, 9.17) is 5.11 Å². The fourth-order valence-corrected chi connectivity index (χ4v) is 2.27. The Morgan fingerprint density at radius 1 is 1.63 bits per heavy atom. The van der Waals surface area contributed by atoms with Crippen LogP contribution in [0.2, 0.25) is 0 Å². The van der Waals surface area contributed by atoms with Gasteiger partial charge in [-0.2, -0.15) is 11.8 Å². The highest BCUT2D eigenvalue weighted by Gasteiger charge is 2.14. The van der Waals surface area contributed by atoms with Crippen molar-refractivity contribution in [3.8, 4) is 11.8 Å². The number of hydrogen-bond donors (Lipinski definition) is 2. The van der Waals surface area contributed by atoms with E-state index < -0.39 is 0 Å². The van der Waals surface area contributed by atoms with Crippen LogP contribution < -0.4 is 5.32 Å². The van der Waals surface area contributed by atoms with Gasteiger partial charge in [-0.15, -0.1) is 0 Å². The summed E-state index contributed by atoms with van der Waals surface area (Å²) in [6.45, 7) is 1.81. The molecule has 1 unspecified atom stereocenters. The molecule has 2 N–H and O–H groups in total. The molecule has 0 saturated heterocycles. The van der Waals surface area contributed by atoms with Crippen LogP contribution in [0.1, 0.15) is 29.3 Å². The lowest BCUT2D eigenvalue weighted by Crippen LogP contribution is -2.36. The van der Waals surface area contributed by atoms with Crippen molar-refractivity contribution in [2.45, 2.75) is 19.4 Å². The molecule has 19 heavy (non-hydrogen) atoms. The molecule has 1 aromatic heterocycles. The molecule has 0 aliphatic rings. The van der Waals surface area contributed by atoms with Crippen molar-refractivity contribution in [1.29, 1.82) is 0 Å². The summed E-state index contributed by atoms with van der Waals surface area (Å²) < 4.78 is 0. The standard InChI is InChI=1S/C14H18N2O2S/c1-3-12(10-19-2)16-14(18)13-6-7-15-9-11(13)5-4-8-17/h6-7,9,12,17H,3,8,10H2,1-2H3,(H,16,18). The Morgan fingerprint density at radius 2 is 2.42 bits per heavy atom. The molecule has 0 bridgehead atoms. The molecular formula is C14H18N2O2S. The molecule has 1 aromatic rings. The summed E-state index contributed by atoms with van der Waals surface area (Å²) in [6.07, 6.45) is 6.00. The first-order valence-electron chi connectivity index (χ1n) is 6.06. The van der Waals surface area contributed by atoms with Crippen molar-refractivity contribution in [2.24, 2.45) is 0 Å². The first kappa shape index (κ1) is 15.5. The van der Waals surface area contributed by atoms with E-state index in [1.807, 2.05) is 13.2 Å². The van der Waals surface area contributed by atoms with Crippen LogP contribution in [0.3, 0.4) is 0 Å². The maximum Gasteiger partial charge on any atom is 0.252 e. The van der Waals surface area contributed by atoms with Crippen molar-refractivity contribution in [2.75, 3.05) is 18.6 Å². The number of nitrogens with one attached hydrogen (secondary N) is 1. The van der Waals surface area contributed by atoms with E-state index in [2.05, 4.69) is 22.1 Å². The van der Waals surface area contributed by atoms with Crippen molar-refractivity contribution >= 4 is 17.7 Å². The maximum atomic E-state index is 12.2. The molecule has 0 fully saturated rings. The molecule has 1 rings (SSSR count). The molecule has 1 amide bonds. The number of nitrogens with zero attached hydrogens (tertiary/aromatic N) is 1. The van der Waals surface area contributed by atoms with Gasteiger partial charge in [0.05, 0.1) is 11.1 Å². The van der Waals surface area contributed by atoms with Gasteiger partial charge in [-0.1, -0.05) is 18.8 Å². The lowest BCUT2D eigenvalue weighted by Gasteiger charge is -2.16. The molecule has 0 aromatic carbocycles. The van der Waals surface area contributed by atoms with Gasteiger partial charge in [0.1, 0.15) is 6.61 Å². The molecule has 1 heterocycles. The second-order valence-corrected chi connectivity index (χ2v) is 4.83. The number of aliphatic hydroxyl groups excluding tert-OH is 1. The second-order valence-electron chi connectivity index (χ2n) is 3.92. The summed E-state index contributed by atoms with van der Waals surface area (Å²) in [4.78, 5) is 16.1. The van der Waals surface area contributed by atoms with Gasteiger partial charge < -0.3 is 10.4 Å². The second kappa shape index (κ2) is 8.57. The number of pyridine rings is 1. The number of carbonyl (C=O) groups excluding carboxylic acids is 1. The smallest absolute Gasteiger partial charge is 0.252 e. The number of aromatic nitrogens is 1. The van der Waals surface area contributed by atoms with Gasteiger partial charge in [-0.05, 0) is 18.7 Å². The third kappa shape index (κ3) is 4.93. The molecule has 0 spiro atoms. The van der Waals surface area contributed by atoms with Gasteiger partial charge in [0.25, 0.3) is 5.91 Å². The predicted molar refractivity (Wildman–Crippen MR) is 78.1 cm³/mol. The third-order valence-electron chi connectivity index (χ3n) is 2.56. The van der Waals surface area contributed by atoms with Crippen molar-refractivity contribution in [3.05, 3.63) is 29.6 Å². The van der Waals surface area contributed by atoms with Gasteiger partial charge in [-0.3, -0.25) is 9.78 Å². The quantitative estimate of drug-likeness (QED) is 0.797. The lowest BCUT2D eigenvalue weighted by atomic mass is 10.1. The largest absolute Gasteiger partial charge is 0.384 e. The lowest BCUT2D eigenvalue weighted by molar-refractivity contribution is 0.0939. The van der Waals surface area contributed by atoms with E-state index in [-0.39, 0.29) is 18.6 Å². The van der Waals surface area contributed by atoms with E-state index in [1.54, 1.807) is 24.0 Å². The van der Waals surface area contributed by atoms with Gasteiger partial charge >= 0.3 is 0 Å². The fourth-order valence-electron chi connectivity index (χ4n) is 1.55. The normalized spacial score (nSPS) is 11.3. The van der Waals surface area contributed by atoms with Crippen LogP contribution in [0.5, 0.6) is 0 Å². The van der Waals surface area contributed by atoms with E-state index in [0.717, 1.165) is 12.2 Å². The summed E-state index contributed by atoms with van der Waals surface area (Å²) in [5.74, 6) is 6.00. The Kier molecular flexibility index (Phi) is 7.01. The van der Waals surface area contributed by atoms with Crippen LogP contribution in [-0.4, -0.2) is 40.7 Å². The van der Waals surface area contributed by atoms with E-state index in [1.165, 1.54) is 6.20 Å². The zero-order chi connectivity index (χ0) is 14.1. The van der Waals surface area contributed by atoms with Crippen LogP contribution in [0, 0.1) is 11.8 Å². The topological polar surface area (TPSA) is 62.2 Å². The average Bonchev–Trinajstić information content (AvgIpc) is 2.44. The number of aliphatic hydroxyl groups is 1. The third-order valence-corrected chi connectivity index (χ3v) is 3.30. The molecule has 5 heteroatoms. The minimum Gasteiger partial charge on any atom is -0.384 e. The monoisotopic (exact) mass is 278 g/mol. The van der Waals surface area contributed by atoms with Gasteiger partial charge in [0.2, 0.25) is 0 Å². The van der Waals surface area contributed by atoms with E-state index in [0.29, 0.717) is 11.1 Å². The molecular weight excluding hydrogens is 260 g/mol. The minimum absolute atomic E-state index is 0.148.